The highest BCUT2D eigenvalue weighted by Gasteiger charge is 2.27. The van der Waals surface area contributed by atoms with Crippen molar-refractivity contribution >= 4 is 27.0 Å². The minimum absolute atomic E-state index is 0.209. The fourth-order valence-corrected chi connectivity index (χ4v) is 4.42. The van der Waals surface area contributed by atoms with Crippen molar-refractivity contribution in [2.75, 3.05) is 26.0 Å². The van der Waals surface area contributed by atoms with Crippen molar-refractivity contribution in [1.29, 1.82) is 0 Å². The third-order valence-electron chi connectivity index (χ3n) is 5.64. The summed E-state index contributed by atoms with van der Waals surface area (Å²) in [5, 5.41) is 0. The van der Waals surface area contributed by atoms with Crippen LogP contribution in [0.1, 0.15) is 33.6 Å². The monoisotopic (exact) mass is 486 g/mol. The first-order chi connectivity index (χ1) is 16.0. The van der Waals surface area contributed by atoms with Crippen LogP contribution < -0.4 is 4.74 Å². The van der Waals surface area contributed by atoms with Crippen molar-refractivity contribution in [2.45, 2.75) is 44.1 Å². The summed E-state index contributed by atoms with van der Waals surface area (Å²) in [6.07, 6.45) is 2.65. The topological polar surface area (TPSA) is 98.9 Å². The number of hydrogen-bond acceptors (Lipinski definition) is 7. The van der Waals surface area contributed by atoms with Crippen LogP contribution in [0.5, 0.6) is 5.75 Å². The molecule has 4 rings (SSSR count). The van der Waals surface area contributed by atoms with E-state index in [1.165, 1.54) is 12.1 Å². The first-order valence-electron chi connectivity index (χ1n) is 11.3. The van der Waals surface area contributed by atoms with E-state index in [1.807, 2.05) is 45.0 Å². The summed E-state index contributed by atoms with van der Waals surface area (Å²) < 4.78 is 40.7. The third kappa shape index (κ3) is 5.88. The standard InChI is InChI=1S/C25H30N2O6S/c1-25(2,3)33-24(28)27-13-11-17(12-14-27)16-31-19-7-5-18(6-8-19)23-26-21-15-20(34(4,29)30)9-10-22(21)32-23/h5-10,15,17H,11-14,16H2,1-4H3. The largest absolute Gasteiger partial charge is 0.493 e. The molecule has 0 saturated carbocycles. The summed E-state index contributed by atoms with van der Waals surface area (Å²) in [7, 11) is -3.31. The SMILES string of the molecule is CC(C)(C)OC(=O)N1CCC(COc2ccc(-c3nc4cc(S(C)(=O)=O)ccc4o3)cc2)CC1. The Morgan fingerprint density at radius 1 is 1.12 bits per heavy atom. The van der Waals surface area contributed by atoms with Crippen molar-refractivity contribution in [3.63, 3.8) is 0 Å². The maximum absolute atomic E-state index is 12.2. The van der Waals surface area contributed by atoms with Crippen LogP contribution in [-0.2, 0) is 14.6 Å². The Balaban J connectivity index is 1.32. The van der Waals surface area contributed by atoms with Gasteiger partial charge >= 0.3 is 6.09 Å². The van der Waals surface area contributed by atoms with Gasteiger partial charge in [0.1, 0.15) is 16.9 Å². The lowest BCUT2D eigenvalue weighted by atomic mass is 9.98. The van der Waals surface area contributed by atoms with Gasteiger partial charge in [0, 0.05) is 24.9 Å². The lowest BCUT2D eigenvalue weighted by molar-refractivity contribution is 0.0165. The zero-order valence-corrected chi connectivity index (χ0v) is 20.7. The molecule has 3 aromatic rings. The van der Waals surface area contributed by atoms with Crippen LogP contribution in [0.4, 0.5) is 4.79 Å². The molecule has 0 spiro atoms. The molecule has 1 fully saturated rings. The maximum Gasteiger partial charge on any atom is 0.410 e. The highest BCUT2D eigenvalue weighted by molar-refractivity contribution is 7.90. The van der Waals surface area contributed by atoms with Crippen molar-refractivity contribution in [2.24, 2.45) is 5.92 Å². The van der Waals surface area contributed by atoms with Crippen LogP contribution in [-0.4, -0.2) is 55.9 Å². The minimum Gasteiger partial charge on any atom is -0.493 e. The lowest BCUT2D eigenvalue weighted by Crippen LogP contribution is -2.42. The Kier molecular flexibility index (Phi) is 6.58. The number of benzene rings is 2. The molecule has 34 heavy (non-hydrogen) atoms. The van der Waals surface area contributed by atoms with Gasteiger partial charge in [0.2, 0.25) is 5.89 Å². The van der Waals surface area contributed by atoms with E-state index in [-0.39, 0.29) is 11.0 Å². The zero-order chi connectivity index (χ0) is 24.5. The predicted molar refractivity (Wildman–Crippen MR) is 129 cm³/mol. The molecular formula is C25H30N2O6S. The lowest BCUT2D eigenvalue weighted by Gasteiger charge is -2.33. The second-order valence-corrected chi connectivity index (χ2v) is 11.7. The number of ether oxygens (including phenoxy) is 2. The second kappa shape index (κ2) is 9.29. The van der Waals surface area contributed by atoms with Crippen molar-refractivity contribution in [1.82, 2.24) is 9.88 Å². The minimum atomic E-state index is -3.31. The molecule has 1 aliphatic rings. The Hall–Kier alpha value is -3.07. The molecule has 0 bridgehead atoms. The summed E-state index contributed by atoms with van der Waals surface area (Å²) in [5.41, 5.74) is 1.31. The van der Waals surface area contributed by atoms with E-state index in [4.69, 9.17) is 13.9 Å². The van der Waals surface area contributed by atoms with E-state index < -0.39 is 15.4 Å². The molecule has 2 heterocycles. The van der Waals surface area contributed by atoms with E-state index in [9.17, 15) is 13.2 Å². The van der Waals surface area contributed by atoms with Crippen LogP contribution in [0.15, 0.2) is 51.8 Å². The molecule has 8 nitrogen and oxygen atoms in total. The van der Waals surface area contributed by atoms with E-state index in [0.717, 1.165) is 30.4 Å². The summed E-state index contributed by atoms with van der Waals surface area (Å²) in [5.74, 6) is 1.54. The first-order valence-corrected chi connectivity index (χ1v) is 13.2. The van der Waals surface area contributed by atoms with Crippen molar-refractivity contribution in [3.8, 4) is 17.2 Å². The third-order valence-corrected chi connectivity index (χ3v) is 6.75. The highest BCUT2D eigenvalue weighted by Crippen LogP contribution is 2.28. The summed E-state index contributed by atoms with van der Waals surface area (Å²) in [4.78, 5) is 18.6. The molecule has 1 amide bonds. The summed E-state index contributed by atoms with van der Waals surface area (Å²) >= 11 is 0. The van der Waals surface area contributed by atoms with Crippen LogP contribution >= 0.6 is 0 Å². The number of piperidine rings is 1. The number of nitrogens with zero attached hydrogens (tertiary/aromatic N) is 2. The summed E-state index contributed by atoms with van der Waals surface area (Å²) in [6.45, 7) is 7.53. The Labute approximate surface area is 199 Å². The molecule has 2 aromatic carbocycles. The van der Waals surface area contributed by atoms with Crippen molar-refractivity contribution in [3.05, 3.63) is 42.5 Å². The molecule has 0 atom stereocenters. The van der Waals surface area contributed by atoms with Crippen LogP contribution in [0.3, 0.4) is 0 Å². The molecule has 0 radical (unpaired) electrons. The number of hydrogen-bond donors (Lipinski definition) is 0. The van der Waals surface area contributed by atoms with Gasteiger partial charge in [-0.1, -0.05) is 0 Å². The highest BCUT2D eigenvalue weighted by atomic mass is 32.2. The van der Waals surface area contributed by atoms with Crippen LogP contribution in [0.25, 0.3) is 22.6 Å². The quantitative estimate of drug-likeness (QED) is 0.504. The van der Waals surface area contributed by atoms with Crippen LogP contribution in [0.2, 0.25) is 0 Å². The molecule has 0 N–H and O–H groups in total. The van der Waals surface area contributed by atoms with E-state index in [1.54, 1.807) is 11.0 Å². The molecule has 0 aliphatic carbocycles. The van der Waals surface area contributed by atoms with Gasteiger partial charge < -0.3 is 18.8 Å². The molecule has 1 aromatic heterocycles. The van der Waals surface area contributed by atoms with E-state index in [2.05, 4.69) is 4.98 Å². The number of carbonyl (C=O) groups is 1. The van der Waals surface area contributed by atoms with Gasteiger partial charge in [0.25, 0.3) is 0 Å². The number of fused-ring (bicyclic) bond motifs is 1. The number of amides is 1. The predicted octanol–water partition coefficient (Wildman–Crippen LogP) is 4.92. The molecule has 1 aliphatic heterocycles. The van der Waals surface area contributed by atoms with E-state index in [0.29, 0.717) is 42.6 Å². The van der Waals surface area contributed by atoms with Gasteiger partial charge in [0.05, 0.1) is 11.5 Å². The second-order valence-electron chi connectivity index (χ2n) is 9.67. The average Bonchev–Trinajstić information content (AvgIpc) is 3.20. The smallest absolute Gasteiger partial charge is 0.410 e. The molecule has 182 valence electrons. The van der Waals surface area contributed by atoms with Gasteiger partial charge in [-0.05, 0) is 82.0 Å². The maximum atomic E-state index is 12.2. The molecule has 0 unspecified atom stereocenters. The van der Waals surface area contributed by atoms with Gasteiger partial charge in [-0.2, -0.15) is 0 Å². The van der Waals surface area contributed by atoms with Gasteiger partial charge in [-0.15, -0.1) is 0 Å². The average molecular weight is 487 g/mol. The number of likely N-dealkylation sites (tertiary alicyclic amines) is 1. The molecular weight excluding hydrogens is 456 g/mol. The summed E-state index contributed by atoms with van der Waals surface area (Å²) in [6, 6.07) is 12.1. The first kappa shape index (κ1) is 24.1. The normalized spacial score (nSPS) is 15.5. The fraction of sp³-hybridized carbons (Fsp3) is 0.440. The number of carbonyl (C=O) groups excluding carboxylic acids is 1. The Morgan fingerprint density at radius 2 is 1.79 bits per heavy atom. The number of aromatic nitrogens is 1. The number of sulfone groups is 1. The zero-order valence-electron chi connectivity index (χ0n) is 19.9. The van der Waals surface area contributed by atoms with Crippen LogP contribution in [0, 0.1) is 5.92 Å². The molecule has 1 saturated heterocycles. The Morgan fingerprint density at radius 3 is 2.41 bits per heavy atom. The number of rotatable bonds is 5. The number of oxazole rings is 1. The fourth-order valence-electron chi connectivity index (χ4n) is 3.78. The Bertz CT molecular complexity index is 1270. The van der Waals surface area contributed by atoms with Gasteiger partial charge in [-0.3, -0.25) is 0 Å². The van der Waals surface area contributed by atoms with Gasteiger partial charge in [-0.25, -0.2) is 18.2 Å². The van der Waals surface area contributed by atoms with Gasteiger partial charge in [0.15, 0.2) is 15.4 Å². The van der Waals surface area contributed by atoms with Crippen molar-refractivity contribution < 1.29 is 27.1 Å². The van der Waals surface area contributed by atoms with E-state index >= 15 is 0 Å². The molecule has 9 heteroatoms.